The summed E-state index contributed by atoms with van der Waals surface area (Å²) >= 11 is 0. The number of amides is 1. The number of nitrogens with zero attached hydrogens (tertiary/aromatic N) is 5. The van der Waals surface area contributed by atoms with E-state index in [1.807, 2.05) is 33.8 Å². The van der Waals surface area contributed by atoms with Crippen molar-refractivity contribution in [3.8, 4) is 11.4 Å². The highest BCUT2D eigenvalue weighted by Crippen LogP contribution is 2.17. The molecule has 28 heavy (non-hydrogen) atoms. The van der Waals surface area contributed by atoms with Crippen molar-refractivity contribution in [3.63, 3.8) is 0 Å². The molecule has 1 N–H and O–H groups in total. The summed E-state index contributed by atoms with van der Waals surface area (Å²) in [6.45, 7) is 3.98. The molecule has 0 radical (unpaired) electrons. The van der Waals surface area contributed by atoms with Crippen LogP contribution >= 0.6 is 0 Å². The second kappa shape index (κ2) is 8.75. The summed E-state index contributed by atoms with van der Waals surface area (Å²) in [5.41, 5.74) is 3.28. The average Bonchev–Trinajstić information content (AvgIpc) is 3.05. The molecule has 0 aliphatic carbocycles. The van der Waals surface area contributed by atoms with Crippen molar-refractivity contribution in [2.75, 3.05) is 26.2 Å². The van der Waals surface area contributed by atoms with Crippen molar-refractivity contribution >= 4 is 5.91 Å². The zero-order valence-corrected chi connectivity index (χ0v) is 15.8. The molecule has 3 heterocycles. The number of hydrogen-bond acceptors (Lipinski definition) is 5. The normalized spacial score (nSPS) is 14.6. The summed E-state index contributed by atoms with van der Waals surface area (Å²) in [5, 5.41) is 7.72. The molecule has 0 atom stereocenters. The lowest BCUT2D eigenvalue weighted by molar-refractivity contribution is 0.0760. The van der Waals surface area contributed by atoms with Gasteiger partial charge in [0, 0.05) is 32.4 Å². The lowest BCUT2D eigenvalue weighted by Gasteiger charge is -2.19. The van der Waals surface area contributed by atoms with Gasteiger partial charge in [-0.15, -0.1) is 0 Å². The van der Waals surface area contributed by atoms with Crippen molar-refractivity contribution in [1.82, 2.24) is 30.0 Å². The number of aromatic nitrogens is 4. The first kappa shape index (κ1) is 18.3. The number of benzene rings is 1. The SMILES string of the molecule is O=C(c1cnc(-c2ccnn2CCc2ccccc2)cn1)N1CCCNCC1. The third kappa shape index (κ3) is 4.26. The van der Waals surface area contributed by atoms with Crippen LogP contribution in [-0.2, 0) is 13.0 Å². The molecule has 1 aliphatic heterocycles. The van der Waals surface area contributed by atoms with E-state index in [0.29, 0.717) is 12.2 Å². The van der Waals surface area contributed by atoms with Crippen LogP contribution in [0.3, 0.4) is 0 Å². The Hall–Kier alpha value is -3.06. The van der Waals surface area contributed by atoms with Crippen LogP contribution in [0, 0.1) is 0 Å². The summed E-state index contributed by atoms with van der Waals surface area (Å²) in [4.78, 5) is 23.4. The molecule has 1 fully saturated rings. The molecule has 4 rings (SSSR count). The van der Waals surface area contributed by atoms with Crippen LogP contribution in [-0.4, -0.2) is 56.7 Å². The molecule has 7 nitrogen and oxygen atoms in total. The fourth-order valence-corrected chi connectivity index (χ4v) is 3.39. The van der Waals surface area contributed by atoms with Gasteiger partial charge >= 0.3 is 0 Å². The van der Waals surface area contributed by atoms with Gasteiger partial charge in [0.15, 0.2) is 0 Å². The predicted octanol–water partition coefficient (Wildman–Crippen LogP) is 2.02. The van der Waals surface area contributed by atoms with Gasteiger partial charge in [0.25, 0.3) is 5.91 Å². The first-order valence-corrected chi connectivity index (χ1v) is 9.69. The maximum absolute atomic E-state index is 12.7. The second-order valence-electron chi connectivity index (χ2n) is 6.86. The Morgan fingerprint density at radius 1 is 1.04 bits per heavy atom. The average molecular weight is 376 g/mol. The second-order valence-corrected chi connectivity index (χ2v) is 6.86. The molecule has 1 aliphatic rings. The Labute approximate surface area is 164 Å². The zero-order chi connectivity index (χ0) is 19.2. The molecule has 7 heteroatoms. The van der Waals surface area contributed by atoms with Gasteiger partial charge in [0.05, 0.1) is 18.1 Å². The molecule has 1 aromatic carbocycles. The zero-order valence-electron chi connectivity index (χ0n) is 15.8. The summed E-state index contributed by atoms with van der Waals surface area (Å²) < 4.78 is 1.93. The minimum Gasteiger partial charge on any atom is -0.336 e. The van der Waals surface area contributed by atoms with E-state index in [9.17, 15) is 4.79 Å². The smallest absolute Gasteiger partial charge is 0.274 e. The summed E-state index contributed by atoms with van der Waals surface area (Å²) in [7, 11) is 0. The molecular formula is C21H24N6O. The van der Waals surface area contributed by atoms with Gasteiger partial charge in [-0.25, -0.2) is 4.98 Å². The topological polar surface area (TPSA) is 75.9 Å². The van der Waals surface area contributed by atoms with E-state index in [1.54, 1.807) is 18.6 Å². The van der Waals surface area contributed by atoms with Gasteiger partial charge in [-0.05, 0) is 31.0 Å². The molecule has 0 saturated carbocycles. The summed E-state index contributed by atoms with van der Waals surface area (Å²) in [6, 6.07) is 12.3. The number of carbonyl (C=O) groups excluding carboxylic acids is 1. The largest absolute Gasteiger partial charge is 0.336 e. The molecular weight excluding hydrogens is 352 g/mol. The quantitative estimate of drug-likeness (QED) is 0.737. The van der Waals surface area contributed by atoms with E-state index >= 15 is 0 Å². The first-order chi connectivity index (χ1) is 13.8. The van der Waals surface area contributed by atoms with Gasteiger partial charge in [0.1, 0.15) is 11.4 Å². The standard InChI is InChI=1S/C21H24N6O/c28-21(26-12-4-9-22-11-14-26)19-16-23-18(15-24-19)20-7-10-25-27(20)13-8-17-5-2-1-3-6-17/h1-3,5-7,10,15-16,22H,4,8-9,11-14H2. The third-order valence-electron chi connectivity index (χ3n) is 4.93. The Morgan fingerprint density at radius 3 is 2.75 bits per heavy atom. The lowest BCUT2D eigenvalue weighted by atomic mass is 10.1. The highest BCUT2D eigenvalue weighted by Gasteiger charge is 2.19. The monoisotopic (exact) mass is 376 g/mol. The number of aryl methyl sites for hydroxylation is 2. The van der Waals surface area contributed by atoms with Gasteiger partial charge in [-0.1, -0.05) is 30.3 Å². The van der Waals surface area contributed by atoms with Crippen LogP contribution in [0.15, 0.2) is 55.0 Å². The van der Waals surface area contributed by atoms with E-state index in [0.717, 1.165) is 50.4 Å². The van der Waals surface area contributed by atoms with Crippen molar-refractivity contribution in [3.05, 3.63) is 66.2 Å². The fraction of sp³-hybridized carbons (Fsp3) is 0.333. The van der Waals surface area contributed by atoms with Crippen molar-refractivity contribution in [2.24, 2.45) is 0 Å². The van der Waals surface area contributed by atoms with Crippen LogP contribution < -0.4 is 5.32 Å². The third-order valence-corrected chi connectivity index (χ3v) is 4.93. The molecule has 2 aromatic heterocycles. The number of rotatable bonds is 5. The fourth-order valence-electron chi connectivity index (χ4n) is 3.39. The van der Waals surface area contributed by atoms with Crippen molar-refractivity contribution in [1.29, 1.82) is 0 Å². The highest BCUT2D eigenvalue weighted by atomic mass is 16.2. The van der Waals surface area contributed by atoms with Gasteiger partial charge < -0.3 is 10.2 Å². The number of nitrogens with one attached hydrogen (secondary N) is 1. The molecule has 1 amide bonds. The molecule has 0 spiro atoms. The van der Waals surface area contributed by atoms with Crippen LogP contribution in [0.2, 0.25) is 0 Å². The Morgan fingerprint density at radius 2 is 1.93 bits per heavy atom. The Kier molecular flexibility index (Phi) is 5.72. The minimum absolute atomic E-state index is 0.0552. The molecule has 0 unspecified atom stereocenters. The molecule has 3 aromatic rings. The molecule has 144 valence electrons. The maximum atomic E-state index is 12.7. The van der Waals surface area contributed by atoms with Gasteiger partial charge in [-0.3, -0.25) is 14.5 Å². The van der Waals surface area contributed by atoms with Gasteiger partial charge in [0.2, 0.25) is 0 Å². The van der Waals surface area contributed by atoms with E-state index in [4.69, 9.17) is 0 Å². The van der Waals surface area contributed by atoms with Crippen molar-refractivity contribution in [2.45, 2.75) is 19.4 Å². The summed E-state index contributed by atoms with van der Waals surface area (Å²) in [5.74, 6) is -0.0552. The van der Waals surface area contributed by atoms with Crippen LogP contribution in [0.1, 0.15) is 22.5 Å². The summed E-state index contributed by atoms with van der Waals surface area (Å²) in [6.07, 6.45) is 6.86. The Bertz CT molecular complexity index is 898. The van der Waals surface area contributed by atoms with E-state index in [1.165, 1.54) is 5.56 Å². The number of carbonyl (C=O) groups is 1. The first-order valence-electron chi connectivity index (χ1n) is 9.69. The van der Waals surface area contributed by atoms with Crippen LogP contribution in [0.25, 0.3) is 11.4 Å². The molecule has 0 bridgehead atoms. The Balaban J connectivity index is 1.45. The van der Waals surface area contributed by atoms with E-state index in [2.05, 4.69) is 32.5 Å². The van der Waals surface area contributed by atoms with Crippen LogP contribution in [0.4, 0.5) is 0 Å². The number of hydrogen-bond donors (Lipinski definition) is 1. The predicted molar refractivity (Wildman–Crippen MR) is 107 cm³/mol. The van der Waals surface area contributed by atoms with Crippen molar-refractivity contribution < 1.29 is 4.79 Å². The molecule has 1 saturated heterocycles. The highest BCUT2D eigenvalue weighted by molar-refractivity contribution is 5.92. The van der Waals surface area contributed by atoms with Crippen LogP contribution in [0.5, 0.6) is 0 Å². The van der Waals surface area contributed by atoms with E-state index in [-0.39, 0.29) is 5.91 Å². The lowest BCUT2D eigenvalue weighted by Crippen LogP contribution is -2.34. The van der Waals surface area contributed by atoms with Gasteiger partial charge in [-0.2, -0.15) is 5.10 Å². The maximum Gasteiger partial charge on any atom is 0.274 e. The van der Waals surface area contributed by atoms with E-state index < -0.39 is 0 Å². The minimum atomic E-state index is -0.0552.